The SMILES string of the molecule is COC(=O)COc1cc(N(Cc2ccc(Cl)nc2)C(=O)C2=C(C(=O)OC)CCCC2)c(Cl)cc1Cl. The van der Waals surface area contributed by atoms with Gasteiger partial charge in [-0.2, -0.15) is 0 Å². The summed E-state index contributed by atoms with van der Waals surface area (Å²) in [6.45, 7) is -0.317. The van der Waals surface area contributed by atoms with Gasteiger partial charge in [-0.1, -0.05) is 40.9 Å². The number of anilines is 1. The van der Waals surface area contributed by atoms with Crippen molar-refractivity contribution in [3.8, 4) is 5.75 Å². The molecule has 1 aliphatic carbocycles. The van der Waals surface area contributed by atoms with Gasteiger partial charge < -0.3 is 19.1 Å². The highest BCUT2D eigenvalue weighted by Crippen LogP contribution is 2.39. The number of carbonyl (C=O) groups is 3. The lowest BCUT2D eigenvalue weighted by molar-refractivity contribution is -0.143. The molecular weight excluding hydrogens is 519 g/mol. The molecule has 0 atom stereocenters. The Balaban J connectivity index is 2.09. The fourth-order valence-electron chi connectivity index (χ4n) is 3.63. The van der Waals surface area contributed by atoms with Gasteiger partial charge in [0.05, 0.1) is 36.5 Å². The van der Waals surface area contributed by atoms with Crippen LogP contribution in [0.25, 0.3) is 0 Å². The average molecular weight is 542 g/mol. The Labute approximate surface area is 217 Å². The largest absolute Gasteiger partial charge is 0.480 e. The molecule has 11 heteroatoms. The van der Waals surface area contributed by atoms with Crippen LogP contribution in [0.4, 0.5) is 5.69 Å². The summed E-state index contributed by atoms with van der Waals surface area (Å²) in [6, 6.07) is 6.22. The molecular formula is C24H23Cl3N2O6. The van der Waals surface area contributed by atoms with Crippen molar-refractivity contribution in [2.75, 3.05) is 25.7 Å². The summed E-state index contributed by atoms with van der Waals surface area (Å²) in [4.78, 5) is 43.3. The molecule has 1 heterocycles. The smallest absolute Gasteiger partial charge is 0.343 e. The van der Waals surface area contributed by atoms with Crippen LogP contribution in [0.15, 0.2) is 41.6 Å². The highest BCUT2D eigenvalue weighted by atomic mass is 35.5. The molecule has 35 heavy (non-hydrogen) atoms. The normalized spacial score (nSPS) is 13.3. The number of esters is 2. The molecule has 0 spiro atoms. The maximum Gasteiger partial charge on any atom is 0.343 e. The van der Waals surface area contributed by atoms with Crippen LogP contribution in [0.1, 0.15) is 31.2 Å². The third-order valence-electron chi connectivity index (χ3n) is 5.40. The molecule has 1 aliphatic rings. The Hall–Kier alpha value is -2.81. The third kappa shape index (κ3) is 6.66. The van der Waals surface area contributed by atoms with Crippen LogP contribution in [0.5, 0.6) is 5.75 Å². The summed E-state index contributed by atoms with van der Waals surface area (Å²) in [6.07, 6.45) is 3.91. The molecule has 3 rings (SSSR count). The zero-order valence-electron chi connectivity index (χ0n) is 19.1. The van der Waals surface area contributed by atoms with Gasteiger partial charge in [0, 0.05) is 23.4 Å². The predicted molar refractivity (Wildman–Crippen MR) is 132 cm³/mol. The number of methoxy groups -OCH3 is 2. The summed E-state index contributed by atoms with van der Waals surface area (Å²) in [5, 5.41) is 0.625. The van der Waals surface area contributed by atoms with E-state index in [1.165, 1.54) is 37.4 Å². The second-order valence-electron chi connectivity index (χ2n) is 7.64. The summed E-state index contributed by atoms with van der Waals surface area (Å²) >= 11 is 18.7. The van der Waals surface area contributed by atoms with Gasteiger partial charge in [-0.3, -0.25) is 4.79 Å². The number of nitrogens with zero attached hydrogens (tertiary/aromatic N) is 2. The standard InChI is InChI=1S/C24H23Cl3N2O6/c1-33-22(30)13-35-20-10-19(17(25)9-18(20)26)29(12-14-7-8-21(27)28-11-14)23(31)15-5-3-4-6-16(15)24(32)34-2/h7-11H,3-6,12-13H2,1-2H3. The minimum atomic E-state index is -0.604. The van der Waals surface area contributed by atoms with Crippen molar-refractivity contribution >= 4 is 58.3 Å². The second-order valence-corrected chi connectivity index (χ2v) is 8.84. The highest BCUT2D eigenvalue weighted by Gasteiger charge is 2.30. The molecule has 0 bridgehead atoms. The van der Waals surface area contributed by atoms with Gasteiger partial charge in [0.15, 0.2) is 6.61 Å². The van der Waals surface area contributed by atoms with Gasteiger partial charge in [-0.25, -0.2) is 14.6 Å². The van der Waals surface area contributed by atoms with E-state index < -0.39 is 17.8 Å². The Morgan fingerprint density at radius 2 is 1.69 bits per heavy atom. The number of pyridine rings is 1. The molecule has 186 valence electrons. The molecule has 0 radical (unpaired) electrons. The number of aromatic nitrogens is 1. The Morgan fingerprint density at radius 3 is 2.31 bits per heavy atom. The van der Waals surface area contributed by atoms with Crippen molar-refractivity contribution in [2.24, 2.45) is 0 Å². The maximum absolute atomic E-state index is 13.9. The molecule has 0 saturated carbocycles. The molecule has 2 aromatic rings. The molecule has 0 N–H and O–H groups in total. The van der Waals surface area contributed by atoms with E-state index in [-0.39, 0.29) is 34.6 Å². The predicted octanol–water partition coefficient (Wildman–Crippen LogP) is 5.17. The van der Waals surface area contributed by atoms with Crippen LogP contribution >= 0.6 is 34.8 Å². The molecule has 0 aliphatic heterocycles. The fraction of sp³-hybridized carbons (Fsp3) is 0.333. The van der Waals surface area contributed by atoms with Gasteiger partial charge in [0.1, 0.15) is 10.9 Å². The number of carbonyl (C=O) groups excluding carboxylic acids is 3. The van der Waals surface area contributed by atoms with Crippen LogP contribution < -0.4 is 9.64 Å². The molecule has 0 saturated heterocycles. The van der Waals surface area contributed by atoms with Crippen molar-refractivity contribution in [3.63, 3.8) is 0 Å². The lowest BCUT2D eigenvalue weighted by Crippen LogP contribution is -2.34. The van der Waals surface area contributed by atoms with E-state index >= 15 is 0 Å². The first kappa shape index (κ1) is 26.8. The summed E-state index contributed by atoms with van der Waals surface area (Å²) in [5.41, 5.74) is 1.64. The first-order chi connectivity index (χ1) is 16.7. The van der Waals surface area contributed by atoms with E-state index in [1.54, 1.807) is 12.1 Å². The van der Waals surface area contributed by atoms with E-state index in [9.17, 15) is 14.4 Å². The number of hydrogen-bond donors (Lipinski definition) is 0. The lowest BCUT2D eigenvalue weighted by atomic mass is 9.90. The van der Waals surface area contributed by atoms with Crippen molar-refractivity contribution in [2.45, 2.75) is 32.2 Å². The molecule has 1 aromatic heterocycles. The monoisotopic (exact) mass is 540 g/mol. The van der Waals surface area contributed by atoms with Gasteiger partial charge in [-0.15, -0.1) is 0 Å². The zero-order valence-corrected chi connectivity index (χ0v) is 21.4. The first-order valence-corrected chi connectivity index (χ1v) is 11.8. The fourth-order valence-corrected chi connectivity index (χ4v) is 4.28. The quantitative estimate of drug-likeness (QED) is 0.336. The minimum absolute atomic E-state index is 0.0682. The van der Waals surface area contributed by atoms with Crippen molar-refractivity contribution < 1.29 is 28.6 Å². The second kappa shape index (κ2) is 12.2. The maximum atomic E-state index is 13.9. The third-order valence-corrected chi connectivity index (χ3v) is 6.22. The van der Waals surface area contributed by atoms with E-state index in [0.29, 0.717) is 34.7 Å². The van der Waals surface area contributed by atoms with Crippen LogP contribution in [-0.4, -0.2) is 43.7 Å². The highest BCUT2D eigenvalue weighted by molar-refractivity contribution is 6.37. The Kier molecular flexibility index (Phi) is 9.37. The summed E-state index contributed by atoms with van der Waals surface area (Å²) < 4.78 is 15.0. The van der Waals surface area contributed by atoms with E-state index in [2.05, 4.69) is 9.72 Å². The lowest BCUT2D eigenvalue weighted by Gasteiger charge is -2.28. The first-order valence-electron chi connectivity index (χ1n) is 10.7. The average Bonchev–Trinajstić information content (AvgIpc) is 2.87. The van der Waals surface area contributed by atoms with Crippen molar-refractivity contribution in [1.29, 1.82) is 0 Å². The Morgan fingerprint density at radius 1 is 0.971 bits per heavy atom. The number of halogens is 3. The molecule has 8 nitrogen and oxygen atoms in total. The van der Waals surface area contributed by atoms with Crippen molar-refractivity contribution in [1.82, 2.24) is 4.98 Å². The zero-order chi connectivity index (χ0) is 25.5. The van der Waals surface area contributed by atoms with Gasteiger partial charge in [-0.05, 0) is 43.4 Å². The van der Waals surface area contributed by atoms with Gasteiger partial charge in [0.2, 0.25) is 0 Å². The van der Waals surface area contributed by atoms with Gasteiger partial charge in [0.25, 0.3) is 5.91 Å². The van der Waals surface area contributed by atoms with E-state index in [0.717, 1.165) is 12.8 Å². The van der Waals surface area contributed by atoms with E-state index in [1.807, 2.05) is 0 Å². The number of amides is 1. The minimum Gasteiger partial charge on any atom is -0.480 e. The number of benzene rings is 1. The van der Waals surface area contributed by atoms with Gasteiger partial charge >= 0.3 is 11.9 Å². The summed E-state index contributed by atoms with van der Waals surface area (Å²) in [7, 11) is 2.52. The number of rotatable bonds is 8. The van der Waals surface area contributed by atoms with Crippen LogP contribution in [0.2, 0.25) is 15.2 Å². The number of hydrogen-bond acceptors (Lipinski definition) is 7. The van der Waals surface area contributed by atoms with Crippen LogP contribution in [-0.2, 0) is 30.4 Å². The van der Waals surface area contributed by atoms with Crippen molar-refractivity contribution in [3.05, 3.63) is 62.4 Å². The topological polar surface area (TPSA) is 95.0 Å². The molecule has 0 fully saturated rings. The van der Waals surface area contributed by atoms with Crippen LogP contribution in [0.3, 0.4) is 0 Å². The number of ether oxygens (including phenoxy) is 3. The van der Waals surface area contributed by atoms with Crippen LogP contribution in [0, 0.1) is 0 Å². The summed E-state index contributed by atoms with van der Waals surface area (Å²) in [5.74, 6) is -1.42. The molecule has 1 aromatic carbocycles. The molecule has 1 amide bonds. The van der Waals surface area contributed by atoms with E-state index in [4.69, 9.17) is 44.3 Å². The Bertz CT molecular complexity index is 1150. The molecule has 0 unspecified atom stereocenters.